The van der Waals surface area contributed by atoms with E-state index in [0.29, 0.717) is 0 Å². The van der Waals surface area contributed by atoms with Crippen LogP contribution in [0.25, 0.3) is 93.2 Å². The molecule has 0 saturated heterocycles. The van der Waals surface area contributed by atoms with Gasteiger partial charge in [0.05, 0.1) is 11.0 Å². The van der Waals surface area contributed by atoms with E-state index in [1.54, 1.807) is 0 Å². The Bertz CT molecular complexity index is 3560. The van der Waals surface area contributed by atoms with Crippen molar-refractivity contribution >= 4 is 82.4 Å². The lowest BCUT2D eigenvalue weighted by molar-refractivity contribution is 0.669. The zero-order valence-corrected chi connectivity index (χ0v) is 32.1. The van der Waals surface area contributed by atoms with Crippen LogP contribution in [0.2, 0.25) is 0 Å². The van der Waals surface area contributed by atoms with Gasteiger partial charge in [0.25, 0.3) is 0 Å². The van der Waals surface area contributed by atoms with E-state index in [2.05, 4.69) is 216 Å². The minimum atomic E-state index is 0.877. The SMILES string of the molecule is c1ccc(-n2c3ccccc3c3cccc(-c4cccc(N(c5ccc(-c6cc7ccccc7c7ccccc67)cc5)c5ccc6oc7ccccc7c6c5)c4)c32)cc1. The minimum absolute atomic E-state index is 0.877. The third kappa shape index (κ3) is 5.36. The van der Waals surface area contributed by atoms with Crippen LogP contribution in [0.4, 0.5) is 17.1 Å². The monoisotopic (exact) mass is 752 g/mol. The number of aromatic nitrogens is 1. The summed E-state index contributed by atoms with van der Waals surface area (Å²) in [5.74, 6) is 0. The van der Waals surface area contributed by atoms with Crippen molar-refractivity contribution < 1.29 is 4.42 Å². The number of benzene rings is 10. The second kappa shape index (κ2) is 13.4. The Hall–Kier alpha value is -7.88. The molecular formula is C56H36N2O. The topological polar surface area (TPSA) is 21.3 Å². The highest BCUT2D eigenvalue weighted by Crippen LogP contribution is 2.43. The van der Waals surface area contributed by atoms with Crippen LogP contribution in [-0.2, 0) is 0 Å². The highest BCUT2D eigenvalue weighted by atomic mass is 16.3. The van der Waals surface area contributed by atoms with Crippen LogP contribution in [0.3, 0.4) is 0 Å². The molecule has 276 valence electrons. The molecule has 0 bridgehead atoms. The van der Waals surface area contributed by atoms with E-state index >= 15 is 0 Å². The van der Waals surface area contributed by atoms with Gasteiger partial charge in [0.15, 0.2) is 0 Å². The summed E-state index contributed by atoms with van der Waals surface area (Å²) in [5.41, 5.74) is 13.2. The third-order valence-corrected chi connectivity index (χ3v) is 11.9. The van der Waals surface area contributed by atoms with Crippen molar-refractivity contribution in [1.82, 2.24) is 4.57 Å². The third-order valence-electron chi connectivity index (χ3n) is 11.9. The number of para-hydroxylation sites is 4. The van der Waals surface area contributed by atoms with Crippen molar-refractivity contribution in [1.29, 1.82) is 0 Å². The van der Waals surface area contributed by atoms with E-state index in [4.69, 9.17) is 4.42 Å². The molecule has 0 spiro atoms. The van der Waals surface area contributed by atoms with Gasteiger partial charge in [-0.2, -0.15) is 0 Å². The number of fused-ring (bicyclic) bond motifs is 9. The molecule has 2 heterocycles. The van der Waals surface area contributed by atoms with E-state index in [9.17, 15) is 0 Å². The predicted molar refractivity (Wildman–Crippen MR) is 249 cm³/mol. The van der Waals surface area contributed by atoms with Crippen LogP contribution in [0, 0.1) is 0 Å². The summed E-state index contributed by atoms with van der Waals surface area (Å²) in [6.45, 7) is 0. The molecule has 0 atom stereocenters. The van der Waals surface area contributed by atoms with Gasteiger partial charge < -0.3 is 13.9 Å². The average Bonchev–Trinajstić information content (AvgIpc) is 3.85. The normalized spacial score (nSPS) is 11.7. The predicted octanol–water partition coefficient (Wildman–Crippen LogP) is 15.8. The maximum Gasteiger partial charge on any atom is 0.135 e. The summed E-state index contributed by atoms with van der Waals surface area (Å²) >= 11 is 0. The van der Waals surface area contributed by atoms with Crippen molar-refractivity contribution in [3.63, 3.8) is 0 Å². The first-order valence-electron chi connectivity index (χ1n) is 20.2. The summed E-state index contributed by atoms with van der Waals surface area (Å²) in [4.78, 5) is 2.37. The lowest BCUT2D eigenvalue weighted by Crippen LogP contribution is -2.10. The Kier molecular flexibility index (Phi) is 7.54. The smallest absolute Gasteiger partial charge is 0.135 e. The van der Waals surface area contributed by atoms with E-state index in [-0.39, 0.29) is 0 Å². The molecule has 59 heavy (non-hydrogen) atoms. The molecule has 0 fully saturated rings. The molecule has 0 saturated carbocycles. The van der Waals surface area contributed by atoms with Gasteiger partial charge in [-0.3, -0.25) is 0 Å². The first kappa shape index (κ1) is 33.3. The van der Waals surface area contributed by atoms with Gasteiger partial charge in [0, 0.05) is 49.9 Å². The van der Waals surface area contributed by atoms with Gasteiger partial charge in [-0.1, -0.05) is 146 Å². The quantitative estimate of drug-likeness (QED) is 0.158. The van der Waals surface area contributed by atoms with E-state index < -0.39 is 0 Å². The minimum Gasteiger partial charge on any atom is -0.456 e. The summed E-state index contributed by atoms with van der Waals surface area (Å²) in [5, 5.41) is 9.71. The molecule has 0 amide bonds. The summed E-state index contributed by atoms with van der Waals surface area (Å²) in [6, 6.07) is 78.8. The fraction of sp³-hybridized carbons (Fsp3) is 0. The second-order valence-electron chi connectivity index (χ2n) is 15.3. The van der Waals surface area contributed by atoms with Crippen LogP contribution in [0.1, 0.15) is 0 Å². The highest BCUT2D eigenvalue weighted by molar-refractivity contribution is 6.15. The van der Waals surface area contributed by atoms with Crippen molar-refractivity contribution in [3.05, 3.63) is 218 Å². The van der Waals surface area contributed by atoms with Crippen molar-refractivity contribution in [2.75, 3.05) is 4.90 Å². The zero-order valence-electron chi connectivity index (χ0n) is 32.1. The molecule has 0 radical (unpaired) electrons. The Labute approximate surface area is 341 Å². The molecule has 0 aliphatic carbocycles. The summed E-state index contributed by atoms with van der Waals surface area (Å²) < 4.78 is 8.71. The van der Waals surface area contributed by atoms with Crippen LogP contribution in [0.15, 0.2) is 223 Å². The Morgan fingerprint density at radius 1 is 0.339 bits per heavy atom. The molecule has 10 aromatic carbocycles. The first-order chi connectivity index (χ1) is 29.3. The average molecular weight is 753 g/mol. The van der Waals surface area contributed by atoms with Gasteiger partial charge in [-0.25, -0.2) is 0 Å². The van der Waals surface area contributed by atoms with Crippen LogP contribution in [0.5, 0.6) is 0 Å². The molecule has 3 heteroatoms. The number of rotatable bonds is 6. The fourth-order valence-corrected chi connectivity index (χ4v) is 9.29. The van der Waals surface area contributed by atoms with Crippen molar-refractivity contribution in [2.24, 2.45) is 0 Å². The van der Waals surface area contributed by atoms with E-state index in [0.717, 1.165) is 50.3 Å². The van der Waals surface area contributed by atoms with Gasteiger partial charge in [-0.15, -0.1) is 0 Å². The summed E-state index contributed by atoms with van der Waals surface area (Å²) in [6.07, 6.45) is 0. The number of hydrogen-bond acceptors (Lipinski definition) is 2. The van der Waals surface area contributed by atoms with Crippen molar-refractivity contribution in [2.45, 2.75) is 0 Å². The highest BCUT2D eigenvalue weighted by Gasteiger charge is 2.20. The molecular weight excluding hydrogens is 717 g/mol. The van der Waals surface area contributed by atoms with Crippen LogP contribution < -0.4 is 4.90 Å². The molecule has 2 aromatic heterocycles. The van der Waals surface area contributed by atoms with Crippen LogP contribution >= 0.6 is 0 Å². The first-order valence-corrected chi connectivity index (χ1v) is 20.2. The van der Waals surface area contributed by atoms with E-state index in [1.165, 1.54) is 60.0 Å². The number of hydrogen-bond donors (Lipinski definition) is 0. The molecule has 12 aromatic rings. The molecule has 3 nitrogen and oxygen atoms in total. The van der Waals surface area contributed by atoms with Gasteiger partial charge >= 0.3 is 0 Å². The van der Waals surface area contributed by atoms with Gasteiger partial charge in [-0.05, 0) is 111 Å². The fourth-order valence-electron chi connectivity index (χ4n) is 9.29. The summed E-state index contributed by atoms with van der Waals surface area (Å²) in [7, 11) is 0. The molecule has 0 N–H and O–H groups in total. The maximum atomic E-state index is 6.30. The number of anilines is 3. The second-order valence-corrected chi connectivity index (χ2v) is 15.3. The Morgan fingerprint density at radius 2 is 0.983 bits per heavy atom. The van der Waals surface area contributed by atoms with Crippen LogP contribution in [-0.4, -0.2) is 4.57 Å². The molecule has 0 aliphatic heterocycles. The standard InChI is InChI=1S/C56H36N2O/c1-2-16-40(17-3-1)58-53-26-10-8-22-48(53)50-25-13-24-45(56(50)58)38-15-12-18-42(34-38)57(43-32-33-55-52(36-43)49-23-9-11-27-54(49)59-55)41-30-28-37(29-31-41)51-35-39-14-4-5-19-44(39)46-20-6-7-21-47(46)51/h1-36H. The van der Waals surface area contributed by atoms with Crippen molar-refractivity contribution in [3.8, 4) is 27.9 Å². The molecule has 12 rings (SSSR count). The van der Waals surface area contributed by atoms with E-state index in [1.807, 2.05) is 12.1 Å². The molecule has 0 unspecified atom stereocenters. The Morgan fingerprint density at radius 3 is 1.85 bits per heavy atom. The number of nitrogens with zero attached hydrogens (tertiary/aromatic N) is 2. The largest absolute Gasteiger partial charge is 0.456 e. The van der Waals surface area contributed by atoms with Gasteiger partial charge in [0.1, 0.15) is 11.2 Å². The lowest BCUT2D eigenvalue weighted by Gasteiger charge is -2.26. The maximum absolute atomic E-state index is 6.30. The van der Waals surface area contributed by atoms with Gasteiger partial charge in [0.2, 0.25) is 0 Å². The Balaban J connectivity index is 1.05. The molecule has 0 aliphatic rings. The lowest BCUT2D eigenvalue weighted by atomic mass is 9.93. The zero-order chi connectivity index (χ0) is 38.9. The number of furan rings is 1.